The number of unbranched alkanes of at least 4 members (excludes halogenated alkanes) is 1. The first-order valence-corrected chi connectivity index (χ1v) is 14.9. The van der Waals surface area contributed by atoms with Crippen LogP contribution in [0.25, 0.3) is 11.2 Å². The van der Waals surface area contributed by atoms with E-state index >= 15 is 0 Å². The van der Waals surface area contributed by atoms with Crippen molar-refractivity contribution in [2.24, 2.45) is 5.92 Å². The number of nitrogens with one attached hydrogen (secondary N) is 4. The van der Waals surface area contributed by atoms with Crippen molar-refractivity contribution >= 4 is 50.9 Å². The molecular formula is C21H31N9O6S2. The Morgan fingerprint density at radius 1 is 1.21 bits per heavy atom. The van der Waals surface area contributed by atoms with Gasteiger partial charge in [0.2, 0.25) is 5.91 Å². The summed E-state index contributed by atoms with van der Waals surface area (Å²) >= 11 is 1.79. The lowest BCUT2D eigenvalue weighted by atomic mass is 10.0. The summed E-state index contributed by atoms with van der Waals surface area (Å²) in [4.78, 5) is 35.9. The Kier molecular flexibility index (Phi) is 7.63. The van der Waals surface area contributed by atoms with Crippen molar-refractivity contribution in [3.63, 3.8) is 0 Å². The molecule has 17 heteroatoms. The van der Waals surface area contributed by atoms with Crippen LogP contribution in [0.4, 0.5) is 10.6 Å². The third-order valence-corrected chi connectivity index (χ3v) is 9.93. The van der Waals surface area contributed by atoms with Crippen molar-refractivity contribution in [3.05, 3.63) is 12.7 Å². The van der Waals surface area contributed by atoms with Gasteiger partial charge in [-0.25, -0.2) is 24.5 Å². The molecule has 2 aromatic rings. The van der Waals surface area contributed by atoms with Gasteiger partial charge in [0.05, 0.1) is 30.6 Å². The van der Waals surface area contributed by atoms with Gasteiger partial charge in [0.1, 0.15) is 17.9 Å². The van der Waals surface area contributed by atoms with E-state index in [1.165, 1.54) is 12.7 Å². The van der Waals surface area contributed by atoms with Gasteiger partial charge in [0, 0.05) is 29.9 Å². The minimum atomic E-state index is -4.15. The molecule has 3 aliphatic rings. The van der Waals surface area contributed by atoms with E-state index in [2.05, 4.69) is 30.3 Å². The fourth-order valence-electron chi connectivity index (χ4n) is 5.42. The summed E-state index contributed by atoms with van der Waals surface area (Å²) in [6.45, 7) is -0.178. The Morgan fingerprint density at radius 2 is 2.03 bits per heavy atom. The van der Waals surface area contributed by atoms with E-state index in [1.54, 1.807) is 16.3 Å². The number of hydrogen-bond acceptors (Lipinski definition) is 11. The lowest BCUT2D eigenvalue weighted by Gasteiger charge is -2.18. The number of nitrogens with zero attached hydrogens (tertiary/aromatic N) is 4. The molecule has 5 rings (SSSR count). The smallest absolute Gasteiger partial charge is 0.315 e. The molecule has 0 aromatic carbocycles. The van der Waals surface area contributed by atoms with Gasteiger partial charge in [0.25, 0.3) is 0 Å². The SMILES string of the molecule is Nc1ncnc2c1ncn2[C@@H]1C[C@H](CNS(=O)(=O)NC(=O)CCCC[C@@H]2SC[C@@H]3NC(=O)N[C@@H]32)[C@@H](O)[C@H]1O. The summed E-state index contributed by atoms with van der Waals surface area (Å²) in [7, 11) is -4.15. The molecule has 15 nitrogen and oxygen atoms in total. The van der Waals surface area contributed by atoms with E-state index in [4.69, 9.17) is 5.73 Å². The monoisotopic (exact) mass is 569 g/mol. The number of anilines is 1. The summed E-state index contributed by atoms with van der Waals surface area (Å²) in [6, 6.07) is -0.518. The van der Waals surface area contributed by atoms with E-state index in [0.29, 0.717) is 17.6 Å². The molecule has 3 fully saturated rings. The van der Waals surface area contributed by atoms with Crippen LogP contribution in [0.2, 0.25) is 0 Å². The number of thioether (sulfide) groups is 1. The number of urea groups is 1. The third kappa shape index (κ3) is 5.51. The molecule has 4 heterocycles. The van der Waals surface area contributed by atoms with Crippen LogP contribution in [0.1, 0.15) is 38.1 Å². The summed E-state index contributed by atoms with van der Waals surface area (Å²) < 4.78 is 30.8. The number of fused-ring (bicyclic) bond motifs is 2. The van der Waals surface area contributed by atoms with E-state index in [0.717, 1.165) is 18.6 Å². The number of carbonyl (C=O) groups is 2. The number of imidazole rings is 1. The van der Waals surface area contributed by atoms with Crippen LogP contribution >= 0.6 is 11.8 Å². The number of hydrogen-bond donors (Lipinski definition) is 7. The van der Waals surface area contributed by atoms with Crippen LogP contribution in [0.3, 0.4) is 0 Å². The van der Waals surface area contributed by atoms with Gasteiger partial charge in [-0.1, -0.05) is 6.42 Å². The van der Waals surface area contributed by atoms with Gasteiger partial charge >= 0.3 is 16.2 Å². The summed E-state index contributed by atoms with van der Waals surface area (Å²) in [5.74, 6) is -0.199. The molecule has 2 saturated heterocycles. The highest BCUT2D eigenvalue weighted by Crippen LogP contribution is 2.37. The summed E-state index contributed by atoms with van der Waals surface area (Å²) in [5.41, 5.74) is 6.59. The maximum absolute atomic E-state index is 12.4. The fourth-order valence-corrected chi connectivity index (χ4v) is 7.87. The molecule has 0 unspecified atom stereocenters. The van der Waals surface area contributed by atoms with Gasteiger partial charge in [-0.2, -0.15) is 24.9 Å². The number of aliphatic hydroxyl groups is 2. The molecule has 0 radical (unpaired) electrons. The fraction of sp³-hybridized carbons (Fsp3) is 0.667. The average Bonchev–Trinajstić information content (AvgIpc) is 3.61. The lowest BCUT2D eigenvalue weighted by Crippen LogP contribution is -2.43. The van der Waals surface area contributed by atoms with Crippen LogP contribution in [0.15, 0.2) is 12.7 Å². The molecule has 2 aromatic heterocycles. The number of carbonyl (C=O) groups excluding carboxylic acids is 2. The molecule has 38 heavy (non-hydrogen) atoms. The largest absolute Gasteiger partial charge is 0.390 e. The zero-order valence-electron chi connectivity index (χ0n) is 20.4. The Hall–Kier alpha value is -2.73. The number of amides is 3. The van der Waals surface area contributed by atoms with Crippen LogP contribution in [0, 0.1) is 5.92 Å². The molecule has 2 aliphatic heterocycles. The molecule has 0 spiro atoms. The Bertz CT molecular complexity index is 1310. The normalized spacial score (nSPS) is 30.8. The topological polar surface area (TPSA) is 226 Å². The first kappa shape index (κ1) is 26.9. The molecule has 7 atom stereocenters. The highest BCUT2D eigenvalue weighted by atomic mass is 32.2. The predicted molar refractivity (Wildman–Crippen MR) is 138 cm³/mol. The highest BCUT2D eigenvalue weighted by molar-refractivity contribution is 8.00. The van der Waals surface area contributed by atoms with Gasteiger partial charge in [-0.3, -0.25) is 4.79 Å². The molecular weight excluding hydrogens is 538 g/mol. The van der Waals surface area contributed by atoms with Crippen molar-refractivity contribution in [1.82, 2.24) is 39.6 Å². The van der Waals surface area contributed by atoms with Crippen molar-refractivity contribution in [1.29, 1.82) is 0 Å². The minimum Gasteiger partial charge on any atom is -0.390 e. The second-order valence-electron chi connectivity index (χ2n) is 9.87. The Balaban J connectivity index is 1.07. The van der Waals surface area contributed by atoms with Crippen LogP contribution in [-0.4, -0.2) is 91.9 Å². The number of aromatic nitrogens is 4. The van der Waals surface area contributed by atoms with Gasteiger partial charge in [-0.05, 0) is 19.3 Å². The van der Waals surface area contributed by atoms with Crippen molar-refractivity contribution < 1.29 is 28.2 Å². The van der Waals surface area contributed by atoms with Crippen LogP contribution in [-0.2, 0) is 15.0 Å². The first-order valence-electron chi connectivity index (χ1n) is 12.4. The maximum atomic E-state index is 12.4. The van der Waals surface area contributed by atoms with Crippen molar-refractivity contribution in [2.75, 3.05) is 18.0 Å². The maximum Gasteiger partial charge on any atom is 0.315 e. The molecule has 208 valence electrons. The molecule has 8 N–H and O–H groups in total. The Morgan fingerprint density at radius 3 is 2.84 bits per heavy atom. The predicted octanol–water partition coefficient (Wildman–Crippen LogP) is -1.63. The summed E-state index contributed by atoms with van der Waals surface area (Å²) in [6.07, 6.45) is 2.68. The molecule has 1 aliphatic carbocycles. The third-order valence-electron chi connectivity index (χ3n) is 7.38. The standard InChI is InChI=1S/C21H31N9O6S2/c22-19-16-20(24-8-23-19)30(9-25-16)12-5-10(17(32)18(12)33)6-26-38(35,36)29-14(31)4-2-1-3-13-15-11(7-37-13)27-21(34)28-15/h8-13,15,17-18,26,32-33H,1-7H2,(H,29,31)(H2,22,23,24)(H2,27,28,34)/t10-,11+,12-,13+,15+,17-,18+/m1/s1. The summed E-state index contributed by atoms with van der Waals surface area (Å²) in [5, 5.41) is 27.2. The zero-order valence-corrected chi connectivity index (χ0v) is 22.0. The molecule has 0 bridgehead atoms. The minimum absolute atomic E-state index is 0.0442. The van der Waals surface area contributed by atoms with Gasteiger partial charge < -0.3 is 31.1 Å². The quantitative estimate of drug-likeness (QED) is 0.127. The van der Waals surface area contributed by atoms with E-state index in [1.807, 2.05) is 4.72 Å². The zero-order chi connectivity index (χ0) is 27.0. The van der Waals surface area contributed by atoms with Gasteiger partial charge in [0.15, 0.2) is 11.5 Å². The second kappa shape index (κ2) is 10.8. The Labute approximate surface area is 222 Å². The molecule has 3 amide bonds. The number of nitrogens with two attached hydrogens (primary N) is 1. The van der Waals surface area contributed by atoms with E-state index in [-0.39, 0.29) is 48.6 Å². The first-order chi connectivity index (χ1) is 18.1. The van der Waals surface area contributed by atoms with Crippen LogP contribution < -0.4 is 25.8 Å². The lowest BCUT2D eigenvalue weighted by molar-refractivity contribution is -0.119. The van der Waals surface area contributed by atoms with Gasteiger partial charge in [-0.15, -0.1) is 0 Å². The average molecular weight is 570 g/mol. The van der Waals surface area contributed by atoms with Crippen molar-refractivity contribution in [2.45, 2.75) is 67.7 Å². The van der Waals surface area contributed by atoms with E-state index in [9.17, 15) is 28.2 Å². The second-order valence-corrected chi connectivity index (χ2v) is 12.6. The van der Waals surface area contributed by atoms with Crippen LogP contribution in [0.5, 0.6) is 0 Å². The highest BCUT2D eigenvalue weighted by Gasteiger charge is 2.44. The van der Waals surface area contributed by atoms with Crippen molar-refractivity contribution in [3.8, 4) is 0 Å². The molecule has 1 saturated carbocycles. The number of nitrogen functional groups attached to an aromatic ring is 1. The number of rotatable bonds is 10. The van der Waals surface area contributed by atoms with E-state index < -0.39 is 40.3 Å². The number of aliphatic hydroxyl groups excluding tert-OH is 2.